The largest absolute Gasteiger partial charge is 0.326 e. The van der Waals surface area contributed by atoms with Gasteiger partial charge in [-0.25, -0.2) is 13.4 Å². The third kappa shape index (κ3) is 5.75. The molecule has 33 heavy (non-hydrogen) atoms. The van der Waals surface area contributed by atoms with Crippen LogP contribution in [-0.4, -0.2) is 24.3 Å². The molecule has 0 aliphatic carbocycles. The molecule has 2 aromatic heterocycles. The normalized spacial score (nSPS) is 11.2. The number of aromatic nitrogens is 2. The molecule has 10 heteroatoms. The van der Waals surface area contributed by atoms with Crippen molar-refractivity contribution in [3.8, 4) is 10.6 Å². The number of carbonyl (C=O) groups excluding carboxylic acids is 1. The fourth-order valence-corrected chi connectivity index (χ4v) is 5.34. The Balaban J connectivity index is 1.47. The van der Waals surface area contributed by atoms with Crippen LogP contribution in [0, 0.1) is 6.92 Å². The van der Waals surface area contributed by atoms with Crippen LogP contribution in [0.4, 0.5) is 11.4 Å². The summed E-state index contributed by atoms with van der Waals surface area (Å²) in [5.41, 5.74) is 2.83. The van der Waals surface area contributed by atoms with Crippen LogP contribution in [0.5, 0.6) is 0 Å². The molecule has 168 valence electrons. The summed E-state index contributed by atoms with van der Waals surface area (Å²) in [7, 11) is -3.86. The van der Waals surface area contributed by atoms with Crippen LogP contribution in [0.25, 0.3) is 10.6 Å². The van der Waals surface area contributed by atoms with Crippen LogP contribution in [0.3, 0.4) is 0 Å². The number of rotatable bonds is 7. The van der Waals surface area contributed by atoms with E-state index in [9.17, 15) is 13.2 Å². The molecule has 0 spiro atoms. The number of amides is 1. The maximum Gasteiger partial charge on any atom is 0.262 e. The zero-order valence-electron chi connectivity index (χ0n) is 17.4. The number of pyridine rings is 1. The minimum absolute atomic E-state index is 0.0652. The van der Waals surface area contributed by atoms with Gasteiger partial charge in [-0.15, -0.1) is 11.3 Å². The SMILES string of the molecule is Cc1ccc(NC(=O)Cc2csc(-c3cccnc3)n2)cc1S(=O)(=O)Nc1ccc(Cl)cc1. The molecule has 0 radical (unpaired) electrons. The second-order valence-electron chi connectivity index (χ2n) is 7.20. The van der Waals surface area contributed by atoms with Crippen molar-refractivity contribution in [3.05, 3.63) is 88.7 Å². The van der Waals surface area contributed by atoms with E-state index in [2.05, 4.69) is 20.0 Å². The Labute approximate surface area is 200 Å². The minimum atomic E-state index is -3.86. The predicted molar refractivity (Wildman–Crippen MR) is 131 cm³/mol. The quantitative estimate of drug-likeness (QED) is 0.367. The molecule has 0 saturated heterocycles. The number of thiazole rings is 1. The van der Waals surface area contributed by atoms with E-state index in [0.717, 1.165) is 10.6 Å². The number of hydrogen-bond acceptors (Lipinski definition) is 6. The molecule has 4 aromatic rings. The van der Waals surface area contributed by atoms with E-state index in [4.69, 9.17) is 11.6 Å². The van der Waals surface area contributed by atoms with Gasteiger partial charge in [0.1, 0.15) is 5.01 Å². The summed E-state index contributed by atoms with van der Waals surface area (Å²) in [5.74, 6) is -0.295. The van der Waals surface area contributed by atoms with E-state index in [1.54, 1.807) is 55.7 Å². The molecule has 0 fully saturated rings. The highest BCUT2D eigenvalue weighted by Gasteiger charge is 2.18. The lowest BCUT2D eigenvalue weighted by atomic mass is 10.2. The first-order chi connectivity index (χ1) is 15.8. The van der Waals surface area contributed by atoms with Gasteiger partial charge in [-0.3, -0.25) is 14.5 Å². The van der Waals surface area contributed by atoms with E-state index in [1.807, 2.05) is 17.5 Å². The van der Waals surface area contributed by atoms with E-state index in [-0.39, 0.29) is 17.2 Å². The van der Waals surface area contributed by atoms with E-state index < -0.39 is 10.0 Å². The Hall–Kier alpha value is -3.27. The van der Waals surface area contributed by atoms with Crippen molar-refractivity contribution in [2.24, 2.45) is 0 Å². The topological polar surface area (TPSA) is 101 Å². The summed E-state index contributed by atoms with van der Waals surface area (Å²) in [5, 5.41) is 5.86. The minimum Gasteiger partial charge on any atom is -0.326 e. The van der Waals surface area contributed by atoms with Gasteiger partial charge in [0.05, 0.1) is 17.0 Å². The molecular weight excluding hydrogens is 480 g/mol. The molecule has 7 nitrogen and oxygen atoms in total. The predicted octanol–water partition coefficient (Wildman–Crippen LogP) is 5.15. The molecule has 0 atom stereocenters. The number of hydrogen-bond donors (Lipinski definition) is 2. The number of aryl methyl sites for hydroxylation is 1. The van der Waals surface area contributed by atoms with Crippen molar-refractivity contribution in [1.82, 2.24) is 9.97 Å². The molecule has 2 aromatic carbocycles. The third-order valence-corrected chi connectivity index (χ3v) is 7.38. The summed E-state index contributed by atoms with van der Waals surface area (Å²) >= 11 is 7.29. The molecule has 1 amide bonds. The summed E-state index contributed by atoms with van der Waals surface area (Å²) in [6.07, 6.45) is 3.47. The first kappa shape index (κ1) is 22.9. The Morgan fingerprint density at radius 1 is 1.09 bits per heavy atom. The lowest BCUT2D eigenvalue weighted by Crippen LogP contribution is -2.17. The molecular formula is C23H19ClN4O3S2. The van der Waals surface area contributed by atoms with Gasteiger partial charge < -0.3 is 5.32 Å². The number of carbonyl (C=O) groups is 1. The zero-order chi connectivity index (χ0) is 23.4. The van der Waals surface area contributed by atoms with Crippen LogP contribution in [0.1, 0.15) is 11.3 Å². The van der Waals surface area contributed by atoms with Gasteiger partial charge in [-0.2, -0.15) is 0 Å². The van der Waals surface area contributed by atoms with Gasteiger partial charge in [0.15, 0.2) is 0 Å². The Morgan fingerprint density at radius 3 is 2.58 bits per heavy atom. The first-order valence-electron chi connectivity index (χ1n) is 9.84. The fraction of sp³-hybridized carbons (Fsp3) is 0.0870. The number of benzene rings is 2. The first-order valence-corrected chi connectivity index (χ1v) is 12.6. The molecule has 0 saturated carbocycles. The van der Waals surface area contributed by atoms with Crippen molar-refractivity contribution in [1.29, 1.82) is 0 Å². The monoisotopic (exact) mass is 498 g/mol. The molecule has 0 bridgehead atoms. The molecule has 4 rings (SSSR count). The summed E-state index contributed by atoms with van der Waals surface area (Å²) < 4.78 is 28.3. The lowest BCUT2D eigenvalue weighted by Gasteiger charge is -2.13. The van der Waals surface area contributed by atoms with Crippen LogP contribution < -0.4 is 10.0 Å². The molecule has 0 aliphatic heterocycles. The van der Waals surface area contributed by atoms with Crippen molar-refractivity contribution in [2.45, 2.75) is 18.2 Å². The fourth-order valence-electron chi connectivity index (χ4n) is 3.08. The molecule has 2 heterocycles. The van der Waals surface area contributed by atoms with Crippen LogP contribution in [0.2, 0.25) is 5.02 Å². The number of sulfonamides is 1. The molecule has 0 aliphatic rings. The standard InChI is InChI=1S/C23H19ClN4O3S2/c1-15-4-7-19(11-21(15)33(30,31)28-18-8-5-17(24)6-9-18)26-22(29)12-20-14-32-23(27-20)16-3-2-10-25-13-16/h2-11,13-14,28H,12H2,1H3,(H,26,29). The van der Waals surface area contributed by atoms with Crippen molar-refractivity contribution < 1.29 is 13.2 Å². The smallest absolute Gasteiger partial charge is 0.262 e. The number of nitrogens with one attached hydrogen (secondary N) is 2. The van der Waals surface area contributed by atoms with E-state index >= 15 is 0 Å². The maximum atomic E-state index is 12.9. The van der Waals surface area contributed by atoms with Crippen molar-refractivity contribution in [3.63, 3.8) is 0 Å². The van der Waals surface area contributed by atoms with Gasteiger partial charge in [0.2, 0.25) is 5.91 Å². The highest BCUT2D eigenvalue weighted by atomic mass is 35.5. The van der Waals surface area contributed by atoms with E-state index in [1.165, 1.54) is 17.4 Å². The lowest BCUT2D eigenvalue weighted by molar-refractivity contribution is -0.115. The second-order valence-corrected chi connectivity index (χ2v) is 10.1. The number of anilines is 2. The van der Waals surface area contributed by atoms with Gasteiger partial charge in [-0.1, -0.05) is 17.7 Å². The molecule has 0 unspecified atom stereocenters. The Bertz CT molecular complexity index is 1390. The Kier molecular flexibility index (Phi) is 6.73. The average Bonchev–Trinajstić information content (AvgIpc) is 3.25. The highest BCUT2D eigenvalue weighted by molar-refractivity contribution is 7.92. The zero-order valence-corrected chi connectivity index (χ0v) is 19.8. The van der Waals surface area contributed by atoms with Gasteiger partial charge in [-0.05, 0) is 61.0 Å². The summed E-state index contributed by atoms with van der Waals surface area (Å²) in [6, 6.07) is 14.8. The summed E-state index contributed by atoms with van der Waals surface area (Å²) in [4.78, 5) is 21.2. The Morgan fingerprint density at radius 2 is 1.85 bits per heavy atom. The van der Waals surface area contributed by atoms with Gasteiger partial charge >= 0.3 is 0 Å². The highest BCUT2D eigenvalue weighted by Crippen LogP contribution is 2.25. The van der Waals surface area contributed by atoms with Crippen molar-refractivity contribution in [2.75, 3.05) is 10.0 Å². The van der Waals surface area contributed by atoms with Gasteiger partial charge in [0, 0.05) is 39.7 Å². The third-order valence-electron chi connectivity index (χ3n) is 4.66. The van der Waals surface area contributed by atoms with Crippen molar-refractivity contribution >= 4 is 50.2 Å². The van der Waals surface area contributed by atoms with Gasteiger partial charge in [0.25, 0.3) is 10.0 Å². The maximum absolute atomic E-state index is 12.9. The van der Waals surface area contributed by atoms with Crippen LogP contribution in [-0.2, 0) is 21.2 Å². The molecule has 2 N–H and O–H groups in total. The summed E-state index contributed by atoms with van der Waals surface area (Å²) in [6.45, 7) is 1.69. The van der Waals surface area contributed by atoms with Crippen LogP contribution >= 0.6 is 22.9 Å². The average molecular weight is 499 g/mol. The number of halogens is 1. The second kappa shape index (κ2) is 9.70. The van der Waals surface area contributed by atoms with E-state index in [0.29, 0.717) is 27.7 Å². The van der Waals surface area contributed by atoms with Crippen LogP contribution in [0.15, 0.2) is 77.3 Å². The number of nitrogens with zero attached hydrogens (tertiary/aromatic N) is 2.